The first-order chi connectivity index (χ1) is 10.7. The molecule has 22 heavy (non-hydrogen) atoms. The second-order valence-corrected chi connectivity index (χ2v) is 5.77. The van der Waals surface area contributed by atoms with Gasteiger partial charge in [0.2, 0.25) is 0 Å². The van der Waals surface area contributed by atoms with Gasteiger partial charge in [-0.1, -0.05) is 50.5 Å². The van der Waals surface area contributed by atoms with Crippen LogP contribution in [0.2, 0.25) is 0 Å². The molecule has 0 saturated heterocycles. The molecular formula is C19H30O3. The smallest absolute Gasteiger partial charge is 0.337 e. The first-order valence-electron chi connectivity index (χ1n) is 8.62. The van der Waals surface area contributed by atoms with Gasteiger partial charge in [-0.05, 0) is 44.6 Å². The van der Waals surface area contributed by atoms with Crippen molar-refractivity contribution in [2.24, 2.45) is 0 Å². The molecule has 0 aromatic carbocycles. The number of unbranched alkanes of at least 4 members (excludes halogenated alkanes) is 6. The molecule has 1 N–H and O–H groups in total. The number of carbonyl (C=O) groups excluding carboxylic acids is 1. The Labute approximate surface area is 134 Å². The van der Waals surface area contributed by atoms with Crippen molar-refractivity contribution in [3.8, 4) is 0 Å². The van der Waals surface area contributed by atoms with Gasteiger partial charge in [0.05, 0.1) is 18.3 Å². The largest absolute Gasteiger partial charge is 0.462 e. The van der Waals surface area contributed by atoms with E-state index in [-0.39, 0.29) is 5.97 Å². The lowest BCUT2D eigenvalue weighted by atomic mass is 10.1. The quantitative estimate of drug-likeness (QED) is 0.348. The minimum atomic E-state index is -0.467. The lowest BCUT2D eigenvalue weighted by Crippen LogP contribution is -2.12. The van der Waals surface area contributed by atoms with E-state index in [9.17, 15) is 9.90 Å². The lowest BCUT2D eigenvalue weighted by molar-refractivity contribution is -0.138. The Hall–Kier alpha value is -1.35. The molecule has 0 radical (unpaired) electrons. The van der Waals surface area contributed by atoms with Crippen molar-refractivity contribution in [2.45, 2.75) is 70.8 Å². The summed E-state index contributed by atoms with van der Waals surface area (Å²) in [6.07, 6.45) is 18.9. The Balaban J connectivity index is 1.96. The molecule has 1 atom stereocenters. The van der Waals surface area contributed by atoms with Crippen LogP contribution in [0.4, 0.5) is 0 Å². The van der Waals surface area contributed by atoms with E-state index in [0.717, 1.165) is 19.3 Å². The summed E-state index contributed by atoms with van der Waals surface area (Å²) in [6, 6.07) is 0. The molecule has 1 rings (SSSR count). The summed E-state index contributed by atoms with van der Waals surface area (Å²) in [6.45, 7) is 2.70. The molecule has 0 aliphatic heterocycles. The summed E-state index contributed by atoms with van der Waals surface area (Å²) in [7, 11) is 0. The molecule has 0 bridgehead atoms. The minimum Gasteiger partial charge on any atom is -0.462 e. The highest BCUT2D eigenvalue weighted by Crippen LogP contribution is 2.12. The maximum absolute atomic E-state index is 11.7. The number of ether oxygens (including phenoxy) is 1. The predicted molar refractivity (Wildman–Crippen MR) is 90.6 cm³/mol. The zero-order chi connectivity index (χ0) is 16.0. The zero-order valence-corrected chi connectivity index (χ0v) is 13.8. The molecular weight excluding hydrogens is 276 g/mol. The molecule has 0 amide bonds. The summed E-state index contributed by atoms with van der Waals surface area (Å²) in [5.74, 6) is -0.283. The van der Waals surface area contributed by atoms with Gasteiger partial charge in [0.15, 0.2) is 0 Å². The van der Waals surface area contributed by atoms with Crippen LogP contribution in [0.1, 0.15) is 64.7 Å². The molecule has 3 nitrogen and oxygen atoms in total. The maximum Gasteiger partial charge on any atom is 0.337 e. The SMILES string of the molecule is CCCCCC/C=C/CCCCOC(=O)C1=CC[C@@H](O)C=C1. The summed E-state index contributed by atoms with van der Waals surface area (Å²) in [4.78, 5) is 11.7. The molecule has 1 aliphatic carbocycles. The van der Waals surface area contributed by atoms with Crippen LogP contribution in [0.5, 0.6) is 0 Å². The number of allylic oxidation sites excluding steroid dienone is 2. The Bertz CT molecular complexity index is 393. The number of hydrogen-bond donors (Lipinski definition) is 1. The first kappa shape index (κ1) is 18.7. The fraction of sp³-hybridized carbons (Fsp3) is 0.632. The second kappa shape index (κ2) is 12.2. The average molecular weight is 306 g/mol. The van der Waals surface area contributed by atoms with Crippen LogP contribution in [0.15, 0.2) is 36.0 Å². The fourth-order valence-electron chi connectivity index (χ4n) is 2.30. The van der Waals surface area contributed by atoms with Gasteiger partial charge in [-0.15, -0.1) is 0 Å². The van der Waals surface area contributed by atoms with Crippen LogP contribution in [0, 0.1) is 0 Å². The van der Waals surface area contributed by atoms with Crippen molar-refractivity contribution in [1.82, 2.24) is 0 Å². The molecule has 1 aliphatic rings. The third kappa shape index (κ3) is 8.83. The number of hydrogen-bond acceptors (Lipinski definition) is 3. The van der Waals surface area contributed by atoms with Gasteiger partial charge in [-0.2, -0.15) is 0 Å². The van der Waals surface area contributed by atoms with Gasteiger partial charge in [-0.3, -0.25) is 0 Å². The highest BCUT2D eigenvalue weighted by Gasteiger charge is 2.12. The second-order valence-electron chi connectivity index (χ2n) is 5.77. The van der Waals surface area contributed by atoms with E-state index in [1.807, 2.05) is 0 Å². The molecule has 0 spiro atoms. The highest BCUT2D eigenvalue weighted by molar-refractivity contribution is 5.91. The van der Waals surface area contributed by atoms with Crippen LogP contribution in [-0.2, 0) is 9.53 Å². The lowest BCUT2D eigenvalue weighted by Gasteiger charge is -2.10. The zero-order valence-electron chi connectivity index (χ0n) is 13.8. The Morgan fingerprint density at radius 1 is 1.23 bits per heavy atom. The first-order valence-corrected chi connectivity index (χ1v) is 8.62. The third-order valence-electron chi connectivity index (χ3n) is 3.70. The molecule has 0 heterocycles. The fourth-order valence-corrected chi connectivity index (χ4v) is 2.30. The molecule has 0 aromatic heterocycles. The van der Waals surface area contributed by atoms with E-state index < -0.39 is 6.10 Å². The topological polar surface area (TPSA) is 46.5 Å². The van der Waals surface area contributed by atoms with Crippen LogP contribution >= 0.6 is 0 Å². The van der Waals surface area contributed by atoms with Gasteiger partial charge in [0.25, 0.3) is 0 Å². The van der Waals surface area contributed by atoms with Gasteiger partial charge in [-0.25, -0.2) is 4.79 Å². The molecule has 3 heteroatoms. The normalized spacial score (nSPS) is 17.7. The van der Waals surface area contributed by atoms with Crippen LogP contribution in [0.3, 0.4) is 0 Å². The van der Waals surface area contributed by atoms with E-state index in [4.69, 9.17) is 4.74 Å². The highest BCUT2D eigenvalue weighted by atomic mass is 16.5. The van der Waals surface area contributed by atoms with Crippen LogP contribution < -0.4 is 0 Å². The molecule has 0 aromatic rings. The summed E-state index contributed by atoms with van der Waals surface area (Å²) < 4.78 is 5.22. The third-order valence-corrected chi connectivity index (χ3v) is 3.70. The van der Waals surface area contributed by atoms with Crippen molar-refractivity contribution in [3.63, 3.8) is 0 Å². The van der Waals surface area contributed by atoms with Gasteiger partial charge < -0.3 is 9.84 Å². The van der Waals surface area contributed by atoms with E-state index in [0.29, 0.717) is 18.6 Å². The molecule has 124 valence electrons. The van der Waals surface area contributed by atoms with E-state index in [2.05, 4.69) is 19.1 Å². The van der Waals surface area contributed by atoms with Crippen molar-refractivity contribution in [3.05, 3.63) is 36.0 Å². The van der Waals surface area contributed by atoms with E-state index >= 15 is 0 Å². The van der Waals surface area contributed by atoms with Gasteiger partial charge >= 0.3 is 5.97 Å². The van der Waals surface area contributed by atoms with Crippen molar-refractivity contribution in [2.75, 3.05) is 6.61 Å². The van der Waals surface area contributed by atoms with E-state index in [1.54, 1.807) is 18.2 Å². The standard InChI is InChI=1S/C19H30O3/c1-2-3-4-5-6-7-8-9-10-11-16-22-19(21)17-12-14-18(20)15-13-17/h7-8,12-14,18,20H,2-6,9-11,15-16H2,1H3/b8-7+/t18-/m0/s1. The number of esters is 1. The predicted octanol–water partition coefficient (Wildman–Crippen LogP) is 4.47. The van der Waals surface area contributed by atoms with Crippen molar-refractivity contribution in [1.29, 1.82) is 0 Å². The van der Waals surface area contributed by atoms with E-state index in [1.165, 1.54) is 32.1 Å². The van der Waals surface area contributed by atoms with Crippen molar-refractivity contribution >= 4 is 5.97 Å². The van der Waals surface area contributed by atoms with Crippen LogP contribution in [0.25, 0.3) is 0 Å². The van der Waals surface area contributed by atoms with Gasteiger partial charge in [0.1, 0.15) is 0 Å². The summed E-state index contributed by atoms with van der Waals surface area (Å²) in [5, 5.41) is 9.30. The number of aliphatic hydroxyl groups excluding tert-OH is 1. The minimum absolute atomic E-state index is 0.283. The van der Waals surface area contributed by atoms with Gasteiger partial charge in [0, 0.05) is 0 Å². The average Bonchev–Trinajstić information content (AvgIpc) is 2.53. The number of aliphatic hydroxyl groups is 1. The number of carbonyl (C=O) groups is 1. The Kier molecular flexibility index (Phi) is 10.4. The van der Waals surface area contributed by atoms with Crippen molar-refractivity contribution < 1.29 is 14.6 Å². The summed E-state index contributed by atoms with van der Waals surface area (Å²) >= 11 is 0. The monoisotopic (exact) mass is 306 g/mol. The number of rotatable bonds is 11. The molecule has 0 unspecified atom stereocenters. The Morgan fingerprint density at radius 2 is 1.95 bits per heavy atom. The van der Waals surface area contributed by atoms with Crippen LogP contribution in [-0.4, -0.2) is 23.8 Å². The molecule has 0 fully saturated rings. The molecule has 0 saturated carbocycles. The summed E-state index contributed by atoms with van der Waals surface area (Å²) in [5.41, 5.74) is 0.553. The Morgan fingerprint density at radius 3 is 2.59 bits per heavy atom. The maximum atomic E-state index is 11.7.